The van der Waals surface area contributed by atoms with Gasteiger partial charge >= 0.3 is 0 Å². The molecule has 3 aromatic rings. The molecule has 0 spiro atoms. The zero-order chi connectivity index (χ0) is 19.8. The third-order valence-corrected chi connectivity index (χ3v) is 6.97. The summed E-state index contributed by atoms with van der Waals surface area (Å²) in [7, 11) is -3.86. The van der Waals surface area contributed by atoms with Gasteiger partial charge in [0.05, 0.1) is 17.1 Å². The van der Waals surface area contributed by atoms with E-state index in [4.69, 9.17) is 0 Å². The van der Waals surface area contributed by atoms with Crippen LogP contribution in [-0.4, -0.2) is 8.42 Å². The Morgan fingerprint density at radius 2 is 1.67 bits per heavy atom. The van der Waals surface area contributed by atoms with E-state index in [1.54, 1.807) is 19.1 Å². The predicted octanol–water partition coefficient (Wildman–Crippen LogP) is 5.79. The number of halogens is 3. The van der Waals surface area contributed by atoms with Gasteiger partial charge in [-0.2, -0.15) is 0 Å². The minimum absolute atomic E-state index is 0.114. The maximum atomic E-state index is 14.1. The lowest BCUT2D eigenvalue weighted by molar-refractivity contribution is 0.601. The molecule has 2 aromatic carbocycles. The predicted molar refractivity (Wildman–Crippen MR) is 113 cm³/mol. The number of rotatable bonds is 5. The Bertz CT molecular complexity index is 1110. The van der Waals surface area contributed by atoms with Crippen LogP contribution in [-0.2, 0) is 10.0 Å². The third kappa shape index (κ3) is 4.58. The van der Waals surface area contributed by atoms with E-state index in [1.807, 2.05) is 29.5 Å². The summed E-state index contributed by atoms with van der Waals surface area (Å²) in [5.41, 5.74) is 0.352. The van der Waals surface area contributed by atoms with Crippen LogP contribution in [0.3, 0.4) is 0 Å². The lowest BCUT2D eigenvalue weighted by atomic mass is 10.2. The fourth-order valence-corrected chi connectivity index (χ4v) is 5.61. The Morgan fingerprint density at radius 1 is 0.963 bits per heavy atom. The first kappa shape index (κ1) is 20.0. The highest BCUT2D eigenvalue weighted by molar-refractivity contribution is 14.1. The van der Waals surface area contributed by atoms with Crippen LogP contribution in [0.2, 0.25) is 0 Å². The lowest BCUT2D eigenvalue weighted by Crippen LogP contribution is -2.14. The van der Waals surface area contributed by atoms with Gasteiger partial charge in [0.25, 0.3) is 10.0 Å². The van der Waals surface area contributed by atoms with E-state index >= 15 is 0 Å². The molecule has 27 heavy (non-hydrogen) atoms. The average Bonchev–Trinajstić information content (AvgIpc) is 2.92. The smallest absolute Gasteiger partial charge is 0.263 e. The number of hydrogen-bond acceptors (Lipinski definition) is 4. The molecule has 0 saturated heterocycles. The quantitative estimate of drug-likeness (QED) is 0.419. The van der Waals surface area contributed by atoms with E-state index in [2.05, 4.69) is 10.0 Å². The summed E-state index contributed by atoms with van der Waals surface area (Å²) in [6, 6.07) is 9.65. The summed E-state index contributed by atoms with van der Waals surface area (Å²) in [5.74, 6) is -1.10. The molecule has 9 heteroatoms. The Labute approximate surface area is 173 Å². The van der Waals surface area contributed by atoms with Gasteiger partial charge in [0.2, 0.25) is 0 Å². The van der Waals surface area contributed by atoms with Gasteiger partial charge in [0, 0.05) is 13.3 Å². The van der Waals surface area contributed by atoms with Gasteiger partial charge in [-0.1, -0.05) is 0 Å². The third-order valence-electron chi connectivity index (χ3n) is 3.71. The molecular weight excluding hydrogens is 505 g/mol. The van der Waals surface area contributed by atoms with E-state index in [0.29, 0.717) is 8.45 Å². The van der Waals surface area contributed by atoms with E-state index in [0.717, 1.165) is 17.0 Å². The first-order chi connectivity index (χ1) is 12.7. The fraction of sp³-hybridized carbons (Fsp3) is 0.111. The van der Waals surface area contributed by atoms with Crippen molar-refractivity contribution in [1.29, 1.82) is 0 Å². The van der Waals surface area contributed by atoms with Crippen molar-refractivity contribution >= 4 is 61.0 Å². The molecule has 1 aromatic heterocycles. The van der Waals surface area contributed by atoms with Crippen LogP contribution in [0, 0.1) is 29.1 Å². The molecule has 0 atom stereocenters. The molecular formula is C18H15F2IN2O2S2. The molecule has 1 heterocycles. The molecule has 0 aliphatic rings. The second-order valence-corrected chi connectivity index (χ2v) is 10.2. The van der Waals surface area contributed by atoms with Crippen molar-refractivity contribution < 1.29 is 17.2 Å². The van der Waals surface area contributed by atoms with Crippen LogP contribution in [0.15, 0.2) is 47.4 Å². The molecule has 0 saturated carbocycles. The zero-order valence-electron chi connectivity index (χ0n) is 14.3. The van der Waals surface area contributed by atoms with E-state index in [1.165, 1.54) is 29.5 Å². The molecule has 3 rings (SSSR count). The van der Waals surface area contributed by atoms with Crippen molar-refractivity contribution in [3.63, 3.8) is 0 Å². The number of aryl methyl sites for hydroxylation is 2. The summed E-state index contributed by atoms with van der Waals surface area (Å²) in [4.78, 5) is 1.69. The van der Waals surface area contributed by atoms with Gasteiger partial charge in [0.15, 0.2) is 0 Å². The van der Waals surface area contributed by atoms with Crippen LogP contribution in [0.4, 0.5) is 25.8 Å². The highest BCUT2D eigenvalue weighted by Crippen LogP contribution is 2.32. The van der Waals surface area contributed by atoms with Gasteiger partial charge in [-0.05, 0) is 78.9 Å². The monoisotopic (exact) mass is 520 g/mol. The molecule has 0 fully saturated rings. The Kier molecular flexibility index (Phi) is 5.73. The topological polar surface area (TPSA) is 58.2 Å². The number of anilines is 3. The first-order valence-corrected chi connectivity index (χ1v) is 11.1. The molecule has 4 nitrogen and oxygen atoms in total. The second-order valence-electron chi connectivity index (χ2n) is 5.82. The molecule has 0 aliphatic carbocycles. The van der Waals surface area contributed by atoms with Crippen molar-refractivity contribution in [1.82, 2.24) is 0 Å². The number of thiophene rings is 1. The molecule has 0 bridgehead atoms. The van der Waals surface area contributed by atoms with Crippen molar-refractivity contribution in [2.75, 3.05) is 10.0 Å². The number of hydrogen-bond donors (Lipinski definition) is 2. The van der Waals surface area contributed by atoms with Crippen LogP contribution < -0.4 is 10.0 Å². The van der Waals surface area contributed by atoms with Crippen molar-refractivity contribution in [2.24, 2.45) is 0 Å². The highest BCUT2D eigenvalue weighted by Gasteiger charge is 2.21. The Balaban J connectivity index is 1.98. The van der Waals surface area contributed by atoms with Crippen LogP contribution in [0.25, 0.3) is 0 Å². The van der Waals surface area contributed by atoms with E-state index < -0.39 is 21.7 Å². The Morgan fingerprint density at radius 3 is 2.30 bits per heavy atom. The van der Waals surface area contributed by atoms with E-state index in [9.17, 15) is 17.2 Å². The van der Waals surface area contributed by atoms with Crippen LogP contribution >= 0.6 is 33.9 Å². The molecule has 0 radical (unpaired) electrons. The SMILES string of the molecule is Cc1cc(S(=O)(=O)Nc2ccc(F)cc2Nc2ccc(I)cc2F)c(C)s1. The summed E-state index contributed by atoms with van der Waals surface area (Å²) >= 11 is 3.35. The molecule has 0 unspecified atom stereocenters. The maximum Gasteiger partial charge on any atom is 0.263 e. The minimum Gasteiger partial charge on any atom is -0.351 e. The molecule has 2 N–H and O–H groups in total. The summed E-state index contributed by atoms with van der Waals surface area (Å²) in [6.07, 6.45) is 0. The van der Waals surface area contributed by atoms with Gasteiger partial charge in [-0.15, -0.1) is 11.3 Å². The number of benzene rings is 2. The summed E-state index contributed by atoms with van der Waals surface area (Å²) in [5, 5.41) is 2.76. The largest absolute Gasteiger partial charge is 0.351 e. The molecule has 142 valence electrons. The number of sulfonamides is 1. The summed E-state index contributed by atoms with van der Waals surface area (Å²) in [6.45, 7) is 3.54. The maximum absolute atomic E-state index is 14.1. The molecule has 0 aliphatic heterocycles. The average molecular weight is 520 g/mol. The van der Waals surface area contributed by atoms with Gasteiger partial charge in [0.1, 0.15) is 16.5 Å². The Hall–Kier alpha value is -1.72. The van der Waals surface area contributed by atoms with Crippen molar-refractivity contribution in [3.8, 4) is 0 Å². The highest BCUT2D eigenvalue weighted by atomic mass is 127. The molecule has 0 amide bonds. The van der Waals surface area contributed by atoms with E-state index in [-0.39, 0.29) is 22.0 Å². The van der Waals surface area contributed by atoms with Crippen molar-refractivity contribution in [3.05, 3.63) is 67.4 Å². The normalized spacial score (nSPS) is 11.4. The zero-order valence-corrected chi connectivity index (χ0v) is 18.1. The fourth-order valence-electron chi connectivity index (χ4n) is 2.52. The second kappa shape index (κ2) is 7.72. The lowest BCUT2D eigenvalue weighted by Gasteiger charge is -2.15. The van der Waals surface area contributed by atoms with Crippen LogP contribution in [0.5, 0.6) is 0 Å². The van der Waals surface area contributed by atoms with Crippen molar-refractivity contribution in [2.45, 2.75) is 18.7 Å². The summed E-state index contributed by atoms with van der Waals surface area (Å²) < 4.78 is 56.5. The van der Waals surface area contributed by atoms with Gasteiger partial charge in [-0.3, -0.25) is 4.72 Å². The van der Waals surface area contributed by atoms with Crippen LogP contribution in [0.1, 0.15) is 9.75 Å². The number of nitrogens with one attached hydrogen (secondary N) is 2. The standard InChI is InChI=1S/C18H15F2IN2O2S2/c1-10-7-18(11(2)26-10)27(24,25)23-16-5-3-12(19)8-17(16)22-15-6-4-13(21)9-14(15)20/h3-9,22-23H,1-2H3. The minimum atomic E-state index is -3.86. The first-order valence-electron chi connectivity index (χ1n) is 7.77. The van der Waals surface area contributed by atoms with Gasteiger partial charge < -0.3 is 5.32 Å². The van der Waals surface area contributed by atoms with Gasteiger partial charge in [-0.25, -0.2) is 17.2 Å².